The molecule has 0 saturated carbocycles. The Balaban J connectivity index is 2.25. The maximum Gasteiger partial charge on any atom is 0.268 e. The van der Waals surface area contributed by atoms with Crippen molar-refractivity contribution in [3.8, 4) is 0 Å². The zero-order valence-corrected chi connectivity index (χ0v) is 15.4. The van der Waals surface area contributed by atoms with Crippen LogP contribution >= 0.6 is 15.9 Å². The molecule has 0 fully saturated rings. The van der Waals surface area contributed by atoms with Crippen molar-refractivity contribution in [1.29, 1.82) is 0 Å². The van der Waals surface area contributed by atoms with E-state index in [0.29, 0.717) is 16.8 Å². The van der Waals surface area contributed by atoms with Crippen LogP contribution in [0, 0.1) is 13.8 Å². The number of aromatic amines is 1. The van der Waals surface area contributed by atoms with Gasteiger partial charge in [0.1, 0.15) is 5.69 Å². The fourth-order valence-corrected chi connectivity index (χ4v) is 3.12. The van der Waals surface area contributed by atoms with E-state index in [1.165, 1.54) is 6.92 Å². The number of carbonyl (C=O) groups is 2. The van der Waals surface area contributed by atoms with E-state index in [0.717, 1.165) is 22.2 Å². The summed E-state index contributed by atoms with van der Waals surface area (Å²) in [5, 5.41) is 3.04. The predicted molar refractivity (Wildman–Crippen MR) is 94.9 cm³/mol. The molecule has 23 heavy (non-hydrogen) atoms. The van der Waals surface area contributed by atoms with Gasteiger partial charge in [-0.15, -0.1) is 0 Å². The molecule has 1 atom stereocenters. The molecular weight excluding hydrogens is 356 g/mol. The average molecular weight is 377 g/mol. The third-order valence-corrected chi connectivity index (χ3v) is 4.53. The number of Topliss-reactive ketones (excluding diaryl/α,β-unsaturated/α-hetero) is 1. The van der Waals surface area contributed by atoms with Gasteiger partial charge in [-0.2, -0.15) is 0 Å². The Kier molecular flexibility index (Phi) is 5.42. The third kappa shape index (κ3) is 3.72. The first-order chi connectivity index (χ1) is 10.8. The number of ketones is 1. The molecule has 5 heteroatoms. The van der Waals surface area contributed by atoms with Gasteiger partial charge in [0.2, 0.25) is 0 Å². The van der Waals surface area contributed by atoms with Crippen molar-refractivity contribution in [1.82, 2.24) is 10.3 Å². The molecule has 1 amide bonds. The molecule has 2 aromatic rings. The molecule has 0 radical (unpaired) electrons. The van der Waals surface area contributed by atoms with Gasteiger partial charge < -0.3 is 10.3 Å². The van der Waals surface area contributed by atoms with Crippen molar-refractivity contribution in [2.75, 3.05) is 0 Å². The van der Waals surface area contributed by atoms with Crippen molar-refractivity contribution in [3.05, 3.63) is 56.8 Å². The summed E-state index contributed by atoms with van der Waals surface area (Å²) >= 11 is 3.41. The quantitative estimate of drug-likeness (QED) is 0.755. The van der Waals surface area contributed by atoms with Gasteiger partial charge in [-0.05, 0) is 50.5 Å². The van der Waals surface area contributed by atoms with Crippen LogP contribution in [0.25, 0.3) is 0 Å². The molecule has 2 rings (SSSR count). The number of amides is 1. The lowest BCUT2D eigenvalue weighted by atomic mass is 10.0. The number of nitrogens with one attached hydrogen (secondary N) is 2. The SMILES string of the molecule is CC[C@@H](NC(=O)c1[nH]c(C)c(C(C)=O)c1C)c1ccc(Br)cc1. The number of aryl methyl sites for hydroxylation is 1. The van der Waals surface area contributed by atoms with E-state index in [1.54, 1.807) is 6.92 Å². The summed E-state index contributed by atoms with van der Waals surface area (Å²) in [6.45, 7) is 7.16. The van der Waals surface area contributed by atoms with Gasteiger partial charge in [-0.25, -0.2) is 0 Å². The Bertz CT molecular complexity index is 732. The van der Waals surface area contributed by atoms with Crippen molar-refractivity contribution >= 4 is 27.6 Å². The van der Waals surface area contributed by atoms with Gasteiger partial charge in [0, 0.05) is 15.7 Å². The summed E-state index contributed by atoms with van der Waals surface area (Å²) in [7, 11) is 0. The second-order valence-corrected chi connectivity index (χ2v) is 6.58. The molecule has 0 bridgehead atoms. The van der Waals surface area contributed by atoms with Gasteiger partial charge in [0.05, 0.1) is 6.04 Å². The lowest BCUT2D eigenvalue weighted by Gasteiger charge is -2.17. The van der Waals surface area contributed by atoms with E-state index >= 15 is 0 Å². The highest BCUT2D eigenvalue weighted by atomic mass is 79.9. The van der Waals surface area contributed by atoms with Crippen LogP contribution in [0.2, 0.25) is 0 Å². The summed E-state index contributed by atoms with van der Waals surface area (Å²) in [6.07, 6.45) is 0.783. The van der Waals surface area contributed by atoms with Crippen molar-refractivity contribution < 1.29 is 9.59 Å². The van der Waals surface area contributed by atoms with Crippen LogP contribution in [0.1, 0.15) is 64.0 Å². The first-order valence-corrected chi connectivity index (χ1v) is 8.40. The Hall–Kier alpha value is -1.88. The molecule has 4 nitrogen and oxygen atoms in total. The summed E-state index contributed by atoms with van der Waals surface area (Å²) in [4.78, 5) is 27.3. The topological polar surface area (TPSA) is 62.0 Å². The van der Waals surface area contributed by atoms with Gasteiger partial charge in [0.25, 0.3) is 5.91 Å². The summed E-state index contributed by atoms with van der Waals surface area (Å²) in [5.74, 6) is -0.219. The number of hydrogen-bond donors (Lipinski definition) is 2. The molecule has 0 aliphatic heterocycles. The third-order valence-electron chi connectivity index (χ3n) is 4.00. The van der Waals surface area contributed by atoms with Gasteiger partial charge >= 0.3 is 0 Å². The molecular formula is C18H21BrN2O2. The maximum absolute atomic E-state index is 12.6. The molecule has 0 aliphatic rings. The second kappa shape index (κ2) is 7.13. The summed E-state index contributed by atoms with van der Waals surface area (Å²) < 4.78 is 1.00. The lowest BCUT2D eigenvalue weighted by Crippen LogP contribution is -2.29. The Morgan fingerprint density at radius 1 is 1.22 bits per heavy atom. The molecule has 0 saturated heterocycles. The van der Waals surface area contributed by atoms with E-state index < -0.39 is 0 Å². The first kappa shape index (κ1) is 17.5. The normalized spacial score (nSPS) is 12.0. The number of carbonyl (C=O) groups excluding carboxylic acids is 2. The molecule has 0 aliphatic carbocycles. The molecule has 0 spiro atoms. The largest absolute Gasteiger partial charge is 0.354 e. The van der Waals surface area contributed by atoms with E-state index in [9.17, 15) is 9.59 Å². The zero-order chi connectivity index (χ0) is 17.1. The Morgan fingerprint density at radius 3 is 2.30 bits per heavy atom. The van der Waals surface area contributed by atoms with Gasteiger partial charge in [-0.1, -0.05) is 35.0 Å². The standard InChI is InChI=1S/C18H21BrN2O2/c1-5-15(13-6-8-14(19)9-7-13)21-18(23)17-10(2)16(12(4)22)11(3)20-17/h6-9,15,20H,5H2,1-4H3,(H,21,23)/t15-/m1/s1. The van der Waals surface area contributed by atoms with E-state index in [2.05, 4.69) is 26.2 Å². The van der Waals surface area contributed by atoms with Crippen LogP contribution < -0.4 is 5.32 Å². The smallest absolute Gasteiger partial charge is 0.268 e. The van der Waals surface area contributed by atoms with Gasteiger partial charge in [0.15, 0.2) is 5.78 Å². The van der Waals surface area contributed by atoms with Crippen LogP contribution in [-0.2, 0) is 0 Å². The second-order valence-electron chi connectivity index (χ2n) is 5.67. The van der Waals surface area contributed by atoms with E-state index in [-0.39, 0.29) is 17.7 Å². The number of benzene rings is 1. The van der Waals surface area contributed by atoms with Gasteiger partial charge in [-0.3, -0.25) is 9.59 Å². The minimum atomic E-state index is -0.187. The molecule has 0 unspecified atom stereocenters. The van der Waals surface area contributed by atoms with Crippen LogP contribution in [0.5, 0.6) is 0 Å². The minimum Gasteiger partial charge on any atom is -0.354 e. The Morgan fingerprint density at radius 2 is 1.83 bits per heavy atom. The van der Waals surface area contributed by atoms with Crippen molar-refractivity contribution in [2.24, 2.45) is 0 Å². The van der Waals surface area contributed by atoms with Crippen LogP contribution in [0.15, 0.2) is 28.7 Å². The average Bonchev–Trinajstić information content (AvgIpc) is 2.80. The number of aromatic nitrogens is 1. The fraction of sp³-hybridized carbons (Fsp3) is 0.333. The Labute approximate surface area is 144 Å². The van der Waals surface area contributed by atoms with Crippen molar-refractivity contribution in [3.63, 3.8) is 0 Å². The lowest BCUT2D eigenvalue weighted by molar-refractivity contribution is 0.0930. The summed E-state index contributed by atoms with van der Waals surface area (Å²) in [5.41, 5.74) is 3.56. The monoisotopic (exact) mass is 376 g/mol. The van der Waals surface area contributed by atoms with Crippen LogP contribution in [0.3, 0.4) is 0 Å². The number of rotatable bonds is 5. The maximum atomic E-state index is 12.6. The van der Waals surface area contributed by atoms with E-state index in [1.807, 2.05) is 38.1 Å². The minimum absolute atomic E-state index is 0.0322. The molecule has 1 heterocycles. The van der Waals surface area contributed by atoms with Crippen LogP contribution in [-0.4, -0.2) is 16.7 Å². The highest BCUT2D eigenvalue weighted by Gasteiger charge is 2.21. The number of halogens is 1. The highest BCUT2D eigenvalue weighted by molar-refractivity contribution is 9.10. The summed E-state index contributed by atoms with van der Waals surface area (Å²) in [6, 6.07) is 7.84. The molecule has 2 N–H and O–H groups in total. The molecule has 1 aromatic heterocycles. The van der Waals surface area contributed by atoms with Crippen LogP contribution in [0.4, 0.5) is 0 Å². The molecule has 1 aromatic carbocycles. The number of H-pyrrole nitrogens is 1. The van der Waals surface area contributed by atoms with E-state index in [4.69, 9.17) is 0 Å². The first-order valence-electron chi connectivity index (χ1n) is 7.61. The molecule has 122 valence electrons. The fourth-order valence-electron chi connectivity index (χ4n) is 2.85. The number of hydrogen-bond acceptors (Lipinski definition) is 2. The van der Waals surface area contributed by atoms with Crippen molar-refractivity contribution in [2.45, 2.75) is 40.2 Å². The predicted octanol–water partition coefficient (Wildman–Crippen LogP) is 4.48. The highest BCUT2D eigenvalue weighted by Crippen LogP contribution is 2.22. The zero-order valence-electron chi connectivity index (χ0n) is 13.8.